The summed E-state index contributed by atoms with van der Waals surface area (Å²) in [6.07, 6.45) is 3.75. The Morgan fingerprint density at radius 1 is 1.52 bits per heavy atom. The highest BCUT2D eigenvalue weighted by atomic mass is 35.5. The average Bonchev–Trinajstić information content (AvgIpc) is 3.24. The lowest BCUT2D eigenvalue weighted by molar-refractivity contribution is -0.113. The number of nitrogens with two attached hydrogens (primary N) is 1. The molecule has 7 nitrogen and oxygen atoms in total. The van der Waals surface area contributed by atoms with Crippen molar-refractivity contribution in [2.75, 3.05) is 16.9 Å². The van der Waals surface area contributed by atoms with E-state index in [1.807, 2.05) is 0 Å². The van der Waals surface area contributed by atoms with E-state index in [9.17, 15) is 4.79 Å². The van der Waals surface area contributed by atoms with Crippen LogP contribution in [0.2, 0.25) is 5.15 Å². The van der Waals surface area contributed by atoms with E-state index in [0.717, 1.165) is 18.7 Å². The van der Waals surface area contributed by atoms with E-state index in [1.165, 1.54) is 16.4 Å². The van der Waals surface area contributed by atoms with Gasteiger partial charge >= 0.3 is 0 Å². The van der Waals surface area contributed by atoms with Crippen LogP contribution in [0.5, 0.6) is 0 Å². The number of anilines is 1. The molecular weight excluding hydrogens is 312 g/mol. The van der Waals surface area contributed by atoms with Crippen LogP contribution in [0.1, 0.15) is 24.6 Å². The molecule has 3 N–H and O–H groups in total. The Labute approximate surface area is 130 Å². The van der Waals surface area contributed by atoms with Crippen molar-refractivity contribution in [1.82, 2.24) is 19.9 Å². The van der Waals surface area contributed by atoms with Gasteiger partial charge in [-0.2, -0.15) is 0 Å². The molecule has 0 aliphatic heterocycles. The minimum Gasteiger partial charge on any atom is -0.336 e. The standard InChI is InChI=1S/C12H13ClN6OS/c13-10-8(2-1-5-15-10)16-9(20)6-21-12-18-17-11(19(12)14)7-3-4-7/h1-2,5,7H,3-4,6,14H2,(H,16,20). The van der Waals surface area contributed by atoms with Gasteiger partial charge in [0, 0.05) is 12.1 Å². The number of amides is 1. The summed E-state index contributed by atoms with van der Waals surface area (Å²) >= 11 is 7.11. The van der Waals surface area contributed by atoms with Crippen LogP contribution in [0.15, 0.2) is 23.5 Å². The predicted molar refractivity (Wildman–Crippen MR) is 80.7 cm³/mol. The molecule has 21 heavy (non-hydrogen) atoms. The highest BCUT2D eigenvalue weighted by Gasteiger charge is 2.30. The summed E-state index contributed by atoms with van der Waals surface area (Å²) in [5.74, 6) is 7.09. The van der Waals surface area contributed by atoms with Gasteiger partial charge in [-0.15, -0.1) is 10.2 Å². The molecule has 0 saturated heterocycles. The minimum absolute atomic E-state index is 0.172. The van der Waals surface area contributed by atoms with Crippen LogP contribution in [-0.4, -0.2) is 31.5 Å². The van der Waals surface area contributed by atoms with Crippen LogP contribution in [0.4, 0.5) is 5.69 Å². The molecule has 1 saturated carbocycles. The third-order valence-electron chi connectivity index (χ3n) is 3.00. The van der Waals surface area contributed by atoms with Gasteiger partial charge in [-0.1, -0.05) is 23.4 Å². The number of thioether (sulfide) groups is 1. The molecule has 9 heteroatoms. The van der Waals surface area contributed by atoms with Gasteiger partial charge < -0.3 is 11.2 Å². The van der Waals surface area contributed by atoms with Gasteiger partial charge in [0.25, 0.3) is 0 Å². The molecule has 1 aliphatic carbocycles. The molecule has 0 aromatic carbocycles. The van der Waals surface area contributed by atoms with E-state index >= 15 is 0 Å². The summed E-state index contributed by atoms with van der Waals surface area (Å²) in [5, 5.41) is 11.5. The zero-order valence-electron chi connectivity index (χ0n) is 11.0. The maximum Gasteiger partial charge on any atom is 0.234 e. The number of hydrogen-bond donors (Lipinski definition) is 2. The summed E-state index contributed by atoms with van der Waals surface area (Å²) in [6, 6.07) is 3.39. The van der Waals surface area contributed by atoms with E-state index in [1.54, 1.807) is 18.3 Å². The molecular formula is C12H13ClN6OS. The molecule has 0 radical (unpaired) electrons. The first-order valence-electron chi connectivity index (χ1n) is 6.38. The Morgan fingerprint density at radius 2 is 2.33 bits per heavy atom. The number of pyridine rings is 1. The maximum atomic E-state index is 11.9. The van der Waals surface area contributed by atoms with Crippen LogP contribution in [0.3, 0.4) is 0 Å². The molecule has 0 unspecified atom stereocenters. The van der Waals surface area contributed by atoms with Crippen molar-refractivity contribution < 1.29 is 4.79 Å². The molecule has 1 amide bonds. The lowest BCUT2D eigenvalue weighted by Crippen LogP contribution is -2.17. The molecule has 0 spiro atoms. The lowest BCUT2D eigenvalue weighted by atomic mass is 10.4. The van der Waals surface area contributed by atoms with E-state index < -0.39 is 0 Å². The van der Waals surface area contributed by atoms with Crippen LogP contribution < -0.4 is 11.2 Å². The van der Waals surface area contributed by atoms with Crippen molar-refractivity contribution in [3.63, 3.8) is 0 Å². The second-order valence-corrected chi connectivity index (χ2v) is 5.96. The molecule has 0 atom stereocenters. The molecule has 0 bridgehead atoms. The van der Waals surface area contributed by atoms with Crippen LogP contribution in [-0.2, 0) is 4.79 Å². The SMILES string of the molecule is Nn1c(SCC(=O)Nc2cccnc2Cl)nnc1C1CC1. The van der Waals surface area contributed by atoms with Crippen molar-refractivity contribution in [3.8, 4) is 0 Å². The van der Waals surface area contributed by atoms with Gasteiger partial charge in [0.15, 0.2) is 11.0 Å². The fourth-order valence-corrected chi connectivity index (χ4v) is 2.63. The van der Waals surface area contributed by atoms with Crippen LogP contribution in [0.25, 0.3) is 0 Å². The van der Waals surface area contributed by atoms with Gasteiger partial charge in [-0.25, -0.2) is 9.66 Å². The van der Waals surface area contributed by atoms with Gasteiger partial charge in [-0.3, -0.25) is 4.79 Å². The predicted octanol–water partition coefficient (Wildman–Crippen LogP) is 1.65. The number of nitrogens with one attached hydrogen (secondary N) is 1. The largest absolute Gasteiger partial charge is 0.336 e. The molecule has 2 aromatic rings. The Balaban J connectivity index is 1.57. The number of nitrogen functional groups attached to an aromatic ring is 1. The molecule has 1 aliphatic rings. The van der Waals surface area contributed by atoms with Crippen molar-refractivity contribution in [3.05, 3.63) is 29.3 Å². The maximum absolute atomic E-state index is 11.9. The monoisotopic (exact) mass is 324 g/mol. The first kappa shape index (κ1) is 14.2. The quantitative estimate of drug-likeness (QED) is 0.493. The lowest BCUT2D eigenvalue weighted by Gasteiger charge is -2.06. The fraction of sp³-hybridized carbons (Fsp3) is 0.333. The first-order chi connectivity index (χ1) is 10.1. The zero-order chi connectivity index (χ0) is 14.8. The summed E-state index contributed by atoms with van der Waals surface area (Å²) < 4.78 is 1.46. The highest BCUT2D eigenvalue weighted by molar-refractivity contribution is 7.99. The van der Waals surface area contributed by atoms with Crippen LogP contribution in [0, 0.1) is 0 Å². The van der Waals surface area contributed by atoms with E-state index in [4.69, 9.17) is 17.4 Å². The Bertz CT molecular complexity index is 672. The third kappa shape index (κ3) is 3.27. The molecule has 110 valence electrons. The summed E-state index contributed by atoms with van der Waals surface area (Å²) in [4.78, 5) is 15.8. The average molecular weight is 325 g/mol. The van der Waals surface area contributed by atoms with Crippen LogP contribution >= 0.6 is 23.4 Å². The van der Waals surface area contributed by atoms with E-state index in [0.29, 0.717) is 16.8 Å². The number of hydrogen-bond acceptors (Lipinski definition) is 6. The molecule has 1 fully saturated rings. The smallest absolute Gasteiger partial charge is 0.234 e. The highest BCUT2D eigenvalue weighted by Crippen LogP contribution is 2.39. The normalized spacial score (nSPS) is 14.1. The molecule has 3 rings (SSSR count). The number of rotatable bonds is 5. The van der Waals surface area contributed by atoms with Gasteiger partial charge in [0.05, 0.1) is 11.4 Å². The molecule has 2 aromatic heterocycles. The number of carbonyl (C=O) groups is 1. The number of aromatic nitrogens is 4. The summed E-state index contributed by atoms with van der Waals surface area (Å²) in [7, 11) is 0. The summed E-state index contributed by atoms with van der Waals surface area (Å²) in [5.41, 5.74) is 0.484. The molecule has 2 heterocycles. The fourth-order valence-electron chi connectivity index (χ4n) is 1.80. The number of carbonyl (C=O) groups excluding carboxylic acids is 1. The zero-order valence-corrected chi connectivity index (χ0v) is 12.6. The third-order valence-corrected chi connectivity index (χ3v) is 4.24. The van der Waals surface area contributed by atoms with Gasteiger partial charge in [-0.05, 0) is 25.0 Å². The van der Waals surface area contributed by atoms with Gasteiger partial charge in [0.2, 0.25) is 11.1 Å². The second kappa shape index (κ2) is 5.90. The van der Waals surface area contributed by atoms with E-state index in [2.05, 4.69) is 20.5 Å². The number of nitrogens with zero attached hydrogens (tertiary/aromatic N) is 4. The first-order valence-corrected chi connectivity index (χ1v) is 7.75. The van der Waals surface area contributed by atoms with Crippen molar-refractivity contribution in [2.45, 2.75) is 23.9 Å². The topological polar surface area (TPSA) is 98.7 Å². The minimum atomic E-state index is -0.203. The number of halogens is 1. The van der Waals surface area contributed by atoms with Gasteiger partial charge in [0.1, 0.15) is 0 Å². The Hall–Kier alpha value is -1.80. The van der Waals surface area contributed by atoms with Crippen molar-refractivity contribution >= 4 is 35.0 Å². The van der Waals surface area contributed by atoms with Crippen molar-refractivity contribution in [1.29, 1.82) is 0 Å². The Kier molecular flexibility index (Phi) is 3.98. The van der Waals surface area contributed by atoms with Crippen molar-refractivity contribution in [2.24, 2.45) is 0 Å². The summed E-state index contributed by atoms with van der Waals surface area (Å²) in [6.45, 7) is 0. The Morgan fingerprint density at radius 3 is 3.05 bits per heavy atom. The second-order valence-electron chi connectivity index (χ2n) is 4.66. The van der Waals surface area contributed by atoms with E-state index in [-0.39, 0.29) is 16.8 Å².